The monoisotopic (exact) mass is 516 g/mol. The van der Waals surface area contributed by atoms with E-state index in [1.54, 1.807) is 12.1 Å². The molecule has 0 unspecified atom stereocenters. The maximum absolute atomic E-state index is 13.1. The zero-order chi connectivity index (χ0) is 27.1. The summed E-state index contributed by atoms with van der Waals surface area (Å²) < 4.78 is 2.16. The summed E-state index contributed by atoms with van der Waals surface area (Å²) in [5.41, 5.74) is 3.87. The lowest BCUT2D eigenvalue weighted by molar-refractivity contribution is -0.143. The van der Waals surface area contributed by atoms with Gasteiger partial charge in [-0.15, -0.1) is 0 Å². The van der Waals surface area contributed by atoms with E-state index in [-0.39, 0.29) is 28.9 Å². The number of hydrogen-bond donors (Lipinski definition) is 2. The van der Waals surface area contributed by atoms with Crippen molar-refractivity contribution in [3.8, 4) is 0 Å². The van der Waals surface area contributed by atoms with Gasteiger partial charge in [0.2, 0.25) is 5.95 Å². The SMILES string of the molecule is CC1(C)CCCC(C)(C)N1Cc1ccc2nc(NC(=O)c3ccccc3)n(C3CCC(C(=O)O)CC3)c2c1. The minimum Gasteiger partial charge on any atom is -0.481 e. The minimum atomic E-state index is -0.717. The molecule has 2 aliphatic rings. The molecular formula is C31H40N4O3. The number of carbonyl (C=O) groups is 2. The lowest BCUT2D eigenvalue weighted by Crippen LogP contribution is -2.57. The highest BCUT2D eigenvalue weighted by atomic mass is 16.4. The molecule has 0 radical (unpaired) electrons. The van der Waals surface area contributed by atoms with E-state index in [1.165, 1.54) is 24.8 Å². The molecule has 202 valence electrons. The number of aromatic nitrogens is 2. The van der Waals surface area contributed by atoms with E-state index < -0.39 is 5.97 Å². The van der Waals surface area contributed by atoms with Crippen LogP contribution in [0, 0.1) is 5.92 Å². The first-order valence-corrected chi connectivity index (χ1v) is 13.9. The molecule has 5 rings (SSSR count). The van der Waals surface area contributed by atoms with Crippen molar-refractivity contribution in [2.45, 2.75) is 96.3 Å². The maximum atomic E-state index is 13.1. The molecule has 7 nitrogen and oxygen atoms in total. The number of imidazole rings is 1. The summed E-state index contributed by atoms with van der Waals surface area (Å²) in [7, 11) is 0. The van der Waals surface area contributed by atoms with Crippen molar-refractivity contribution in [3.05, 3.63) is 59.7 Å². The van der Waals surface area contributed by atoms with Gasteiger partial charge in [0, 0.05) is 29.2 Å². The Bertz CT molecular complexity index is 1300. The smallest absolute Gasteiger partial charge is 0.306 e. The first-order valence-electron chi connectivity index (χ1n) is 13.9. The zero-order valence-corrected chi connectivity index (χ0v) is 23.0. The number of carboxylic acids is 1. The van der Waals surface area contributed by atoms with Crippen molar-refractivity contribution >= 4 is 28.9 Å². The van der Waals surface area contributed by atoms with Gasteiger partial charge >= 0.3 is 5.97 Å². The Hall–Kier alpha value is -3.19. The number of hydrogen-bond acceptors (Lipinski definition) is 4. The van der Waals surface area contributed by atoms with E-state index in [0.29, 0.717) is 24.4 Å². The van der Waals surface area contributed by atoms with Gasteiger partial charge in [-0.1, -0.05) is 24.3 Å². The number of nitrogens with zero attached hydrogens (tertiary/aromatic N) is 3. The summed E-state index contributed by atoms with van der Waals surface area (Å²) in [6.07, 6.45) is 6.34. The molecule has 1 saturated heterocycles. The van der Waals surface area contributed by atoms with Gasteiger partial charge in [-0.2, -0.15) is 0 Å². The number of piperidine rings is 1. The molecule has 2 heterocycles. The number of carboxylic acid groups (broad SMARTS) is 1. The number of aliphatic carboxylic acids is 1. The van der Waals surface area contributed by atoms with Gasteiger partial charge in [0.15, 0.2) is 0 Å². The molecule has 0 spiro atoms. The highest BCUT2D eigenvalue weighted by Crippen LogP contribution is 2.40. The Morgan fingerprint density at radius 1 is 0.974 bits per heavy atom. The van der Waals surface area contributed by atoms with Crippen molar-refractivity contribution in [1.82, 2.24) is 14.5 Å². The lowest BCUT2D eigenvalue weighted by Gasteiger charge is -2.53. The molecule has 1 aromatic heterocycles. The summed E-state index contributed by atoms with van der Waals surface area (Å²) in [5, 5.41) is 12.6. The van der Waals surface area contributed by atoms with Crippen LogP contribution >= 0.6 is 0 Å². The van der Waals surface area contributed by atoms with Crippen LogP contribution in [-0.2, 0) is 11.3 Å². The number of likely N-dealkylation sites (tertiary alicyclic amines) is 1. The van der Waals surface area contributed by atoms with Gasteiger partial charge < -0.3 is 9.67 Å². The van der Waals surface area contributed by atoms with Crippen molar-refractivity contribution in [2.24, 2.45) is 5.92 Å². The number of benzene rings is 2. The van der Waals surface area contributed by atoms with Crippen molar-refractivity contribution < 1.29 is 14.7 Å². The normalized spacial score (nSPS) is 23.3. The molecule has 1 amide bonds. The van der Waals surface area contributed by atoms with Crippen LogP contribution in [0.2, 0.25) is 0 Å². The van der Waals surface area contributed by atoms with E-state index in [1.807, 2.05) is 18.2 Å². The Balaban J connectivity index is 1.51. The van der Waals surface area contributed by atoms with E-state index >= 15 is 0 Å². The second-order valence-electron chi connectivity index (χ2n) is 12.4. The Kier molecular flexibility index (Phi) is 7.07. The Labute approximate surface area is 225 Å². The summed E-state index contributed by atoms with van der Waals surface area (Å²) in [4.78, 5) is 32.2. The fraction of sp³-hybridized carbons (Fsp3) is 0.516. The van der Waals surface area contributed by atoms with E-state index in [0.717, 1.165) is 30.4 Å². The van der Waals surface area contributed by atoms with Crippen LogP contribution in [0.15, 0.2) is 48.5 Å². The van der Waals surface area contributed by atoms with Crippen LogP contribution in [0.1, 0.15) is 94.6 Å². The van der Waals surface area contributed by atoms with E-state index in [2.05, 4.69) is 60.7 Å². The maximum Gasteiger partial charge on any atom is 0.306 e. The standard InChI is InChI=1S/C31H40N4O3/c1-30(2)17-8-18-31(3,4)34(30)20-21-11-16-25-26(19-21)35(24-14-12-23(13-15-24)28(37)38)29(32-25)33-27(36)22-9-6-5-7-10-22/h5-7,9-11,16,19,23-24H,8,12-15,17-18,20H2,1-4H3,(H,37,38)(H,32,33,36). The Morgan fingerprint density at radius 2 is 1.63 bits per heavy atom. The van der Waals surface area contributed by atoms with Crippen LogP contribution in [-0.4, -0.2) is 42.5 Å². The topological polar surface area (TPSA) is 87.5 Å². The largest absolute Gasteiger partial charge is 0.481 e. The summed E-state index contributed by atoms with van der Waals surface area (Å²) in [6, 6.07) is 15.7. The number of amides is 1. The van der Waals surface area contributed by atoms with Gasteiger partial charge in [0.1, 0.15) is 0 Å². The molecule has 1 aliphatic heterocycles. The first kappa shape index (κ1) is 26.4. The number of fused-ring (bicyclic) bond motifs is 1. The summed E-state index contributed by atoms with van der Waals surface area (Å²) in [5.74, 6) is -0.685. The van der Waals surface area contributed by atoms with Crippen LogP contribution < -0.4 is 5.32 Å². The van der Waals surface area contributed by atoms with E-state index in [9.17, 15) is 14.7 Å². The van der Waals surface area contributed by atoms with E-state index in [4.69, 9.17) is 4.98 Å². The highest BCUT2D eigenvalue weighted by Gasteiger charge is 2.41. The third-order valence-corrected chi connectivity index (χ3v) is 8.81. The quantitative estimate of drug-likeness (QED) is 0.383. The van der Waals surface area contributed by atoms with Crippen molar-refractivity contribution in [3.63, 3.8) is 0 Å². The van der Waals surface area contributed by atoms with Gasteiger partial charge in [-0.25, -0.2) is 4.98 Å². The molecule has 0 bridgehead atoms. The third-order valence-electron chi connectivity index (χ3n) is 8.81. The summed E-state index contributed by atoms with van der Waals surface area (Å²) >= 11 is 0. The molecule has 3 aromatic rings. The second kappa shape index (κ2) is 10.2. The van der Waals surface area contributed by atoms with Crippen LogP contribution in [0.25, 0.3) is 11.0 Å². The number of rotatable bonds is 6. The molecule has 38 heavy (non-hydrogen) atoms. The van der Waals surface area contributed by atoms with Gasteiger partial charge in [-0.05, 0) is 102 Å². The van der Waals surface area contributed by atoms with Crippen LogP contribution in [0.4, 0.5) is 5.95 Å². The molecule has 2 aromatic carbocycles. The van der Waals surface area contributed by atoms with Gasteiger partial charge in [-0.3, -0.25) is 19.8 Å². The molecular weight excluding hydrogens is 476 g/mol. The lowest BCUT2D eigenvalue weighted by atomic mass is 9.79. The minimum absolute atomic E-state index is 0.0831. The van der Waals surface area contributed by atoms with Crippen LogP contribution in [0.5, 0.6) is 0 Å². The predicted molar refractivity (Wildman–Crippen MR) is 150 cm³/mol. The molecule has 2 fully saturated rings. The molecule has 7 heteroatoms. The van der Waals surface area contributed by atoms with Crippen LogP contribution in [0.3, 0.4) is 0 Å². The molecule has 0 atom stereocenters. The average Bonchev–Trinajstić information content (AvgIpc) is 3.23. The highest BCUT2D eigenvalue weighted by molar-refractivity contribution is 6.04. The predicted octanol–water partition coefficient (Wildman–Crippen LogP) is 6.65. The fourth-order valence-corrected chi connectivity index (χ4v) is 6.69. The fourth-order valence-electron chi connectivity index (χ4n) is 6.69. The number of carbonyl (C=O) groups excluding carboxylic acids is 1. The van der Waals surface area contributed by atoms with Crippen molar-refractivity contribution in [2.75, 3.05) is 5.32 Å². The summed E-state index contributed by atoms with van der Waals surface area (Å²) in [6.45, 7) is 10.2. The molecule has 1 aliphatic carbocycles. The zero-order valence-electron chi connectivity index (χ0n) is 23.0. The van der Waals surface area contributed by atoms with Crippen molar-refractivity contribution in [1.29, 1.82) is 0 Å². The Morgan fingerprint density at radius 3 is 2.26 bits per heavy atom. The van der Waals surface area contributed by atoms with Gasteiger partial charge in [0.05, 0.1) is 17.0 Å². The number of nitrogens with one attached hydrogen (secondary N) is 1. The number of anilines is 1. The second-order valence-corrected chi connectivity index (χ2v) is 12.4. The molecule has 1 saturated carbocycles. The molecule has 2 N–H and O–H groups in total. The average molecular weight is 517 g/mol. The third kappa shape index (κ3) is 5.21. The van der Waals surface area contributed by atoms with Gasteiger partial charge in [0.25, 0.3) is 5.91 Å². The first-order chi connectivity index (χ1) is 18.0.